The molecule has 3 nitrogen and oxygen atoms in total. The largest absolute Gasteiger partial charge is 0.496 e. The van der Waals surface area contributed by atoms with Gasteiger partial charge in [0.25, 0.3) is 0 Å². The van der Waals surface area contributed by atoms with Gasteiger partial charge in [-0.3, -0.25) is 0 Å². The average Bonchev–Trinajstić information content (AvgIpc) is 2.93. The van der Waals surface area contributed by atoms with Gasteiger partial charge in [0.05, 0.1) is 19.8 Å². The van der Waals surface area contributed by atoms with E-state index in [9.17, 15) is 0 Å². The number of rotatable bonds is 3. The summed E-state index contributed by atoms with van der Waals surface area (Å²) in [6.45, 7) is 4.88. The van der Waals surface area contributed by atoms with Crippen molar-refractivity contribution in [2.24, 2.45) is 5.73 Å². The number of ether oxygens (including phenoxy) is 2. The maximum atomic E-state index is 6.46. The van der Waals surface area contributed by atoms with E-state index >= 15 is 0 Å². The van der Waals surface area contributed by atoms with Gasteiger partial charge in [-0.2, -0.15) is 0 Å². The minimum absolute atomic E-state index is 0.126. The average molecular weight is 283 g/mol. The molecular formula is C18H21NO2. The first kappa shape index (κ1) is 14.0. The topological polar surface area (TPSA) is 44.5 Å². The third-order valence-corrected chi connectivity index (χ3v) is 4.12. The molecule has 3 heteroatoms. The Bertz CT molecular complexity index is 656. The highest BCUT2D eigenvalue weighted by atomic mass is 16.5. The molecule has 1 heterocycles. The van der Waals surface area contributed by atoms with Crippen LogP contribution in [0, 0.1) is 13.8 Å². The Morgan fingerprint density at radius 2 is 1.81 bits per heavy atom. The van der Waals surface area contributed by atoms with E-state index in [0.717, 1.165) is 46.8 Å². The first-order valence-corrected chi connectivity index (χ1v) is 7.26. The molecule has 2 aromatic carbocycles. The number of hydrogen-bond acceptors (Lipinski definition) is 3. The number of nitrogens with two attached hydrogens (primary N) is 1. The second kappa shape index (κ2) is 5.41. The minimum Gasteiger partial charge on any atom is -0.496 e. The van der Waals surface area contributed by atoms with Crippen LogP contribution in [0.5, 0.6) is 11.5 Å². The van der Waals surface area contributed by atoms with E-state index in [0.29, 0.717) is 0 Å². The quantitative estimate of drug-likeness (QED) is 0.940. The van der Waals surface area contributed by atoms with Crippen molar-refractivity contribution in [3.05, 3.63) is 58.1 Å². The Morgan fingerprint density at radius 3 is 2.48 bits per heavy atom. The Balaban J connectivity index is 1.97. The summed E-state index contributed by atoms with van der Waals surface area (Å²) in [5.41, 5.74) is 12.2. The summed E-state index contributed by atoms with van der Waals surface area (Å²) in [4.78, 5) is 0. The zero-order valence-corrected chi connectivity index (χ0v) is 12.8. The molecule has 0 saturated heterocycles. The predicted molar refractivity (Wildman–Crippen MR) is 84.1 cm³/mol. The van der Waals surface area contributed by atoms with Crippen molar-refractivity contribution in [3.8, 4) is 11.5 Å². The van der Waals surface area contributed by atoms with Crippen molar-refractivity contribution >= 4 is 0 Å². The fourth-order valence-corrected chi connectivity index (χ4v) is 3.08. The molecule has 0 saturated carbocycles. The van der Waals surface area contributed by atoms with Crippen LogP contribution >= 0.6 is 0 Å². The van der Waals surface area contributed by atoms with Crippen LogP contribution in [0.1, 0.15) is 33.9 Å². The number of fused-ring (bicyclic) bond motifs is 1. The SMILES string of the molecule is COc1c(C)cc(C(N)c2ccc3c(c2)CCO3)cc1C. The lowest BCUT2D eigenvalue weighted by Gasteiger charge is -2.17. The van der Waals surface area contributed by atoms with Gasteiger partial charge in [0.15, 0.2) is 0 Å². The summed E-state index contributed by atoms with van der Waals surface area (Å²) in [6, 6.07) is 10.4. The van der Waals surface area contributed by atoms with Crippen LogP contribution in [0.15, 0.2) is 30.3 Å². The van der Waals surface area contributed by atoms with E-state index in [-0.39, 0.29) is 6.04 Å². The van der Waals surface area contributed by atoms with Crippen LogP contribution in [0.3, 0.4) is 0 Å². The molecule has 3 rings (SSSR count). The Kier molecular flexibility index (Phi) is 3.60. The molecule has 1 unspecified atom stereocenters. The molecule has 0 radical (unpaired) electrons. The lowest BCUT2D eigenvalue weighted by atomic mass is 9.94. The van der Waals surface area contributed by atoms with E-state index in [4.69, 9.17) is 15.2 Å². The van der Waals surface area contributed by atoms with Crippen molar-refractivity contribution in [2.75, 3.05) is 13.7 Å². The molecule has 0 aliphatic carbocycles. The molecule has 2 N–H and O–H groups in total. The zero-order chi connectivity index (χ0) is 15.0. The summed E-state index contributed by atoms with van der Waals surface area (Å²) in [5.74, 6) is 1.93. The van der Waals surface area contributed by atoms with Crippen LogP contribution in [-0.2, 0) is 6.42 Å². The van der Waals surface area contributed by atoms with E-state index in [1.165, 1.54) is 5.56 Å². The third kappa shape index (κ3) is 2.49. The molecule has 0 amide bonds. The summed E-state index contributed by atoms with van der Waals surface area (Å²) in [6.07, 6.45) is 0.969. The van der Waals surface area contributed by atoms with E-state index in [1.807, 2.05) is 6.07 Å². The lowest BCUT2D eigenvalue weighted by molar-refractivity contribution is 0.357. The highest BCUT2D eigenvalue weighted by Crippen LogP contribution is 2.32. The zero-order valence-electron chi connectivity index (χ0n) is 12.8. The molecule has 0 spiro atoms. The standard InChI is InChI=1S/C18H21NO2/c1-11-8-15(9-12(2)18(11)20-3)17(19)14-4-5-16-13(10-14)6-7-21-16/h4-5,8-10,17H,6-7,19H2,1-3H3. The van der Waals surface area contributed by atoms with Crippen LogP contribution in [0.2, 0.25) is 0 Å². The molecule has 0 bridgehead atoms. The van der Waals surface area contributed by atoms with Gasteiger partial charge >= 0.3 is 0 Å². The first-order chi connectivity index (χ1) is 10.1. The molecular weight excluding hydrogens is 262 g/mol. The van der Waals surface area contributed by atoms with E-state index in [1.54, 1.807) is 7.11 Å². The van der Waals surface area contributed by atoms with Crippen molar-refractivity contribution < 1.29 is 9.47 Å². The molecule has 1 atom stereocenters. The third-order valence-electron chi connectivity index (χ3n) is 4.12. The van der Waals surface area contributed by atoms with Gasteiger partial charge < -0.3 is 15.2 Å². The minimum atomic E-state index is -0.126. The first-order valence-electron chi connectivity index (χ1n) is 7.26. The van der Waals surface area contributed by atoms with Gasteiger partial charge in [-0.05, 0) is 47.7 Å². The fourth-order valence-electron chi connectivity index (χ4n) is 3.08. The number of aryl methyl sites for hydroxylation is 2. The molecule has 1 aliphatic rings. The Morgan fingerprint density at radius 1 is 1.10 bits per heavy atom. The molecule has 0 fully saturated rings. The fraction of sp³-hybridized carbons (Fsp3) is 0.333. The maximum Gasteiger partial charge on any atom is 0.124 e. The second-order valence-electron chi connectivity index (χ2n) is 5.63. The summed E-state index contributed by atoms with van der Waals surface area (Å²) >= 11 is 0. The molecule has 21 heavy (non-hydrogen) atoms. The molecule has 2 aromatic rings. The van der Waals surface area contributed by atoms with Crippen LogP contribution in [0.4, 0.5) is 0 Å². The monoisotopic (exact) mass is 283 g/mol. The van der Waals surface area contributed by atoms with Crippen molar-refractivity contribution in [3.63, 3.8) is 0 Å². The molecule has 1 aliphatic heterocycles. The second-order valence-corrected chi connectivity index (χ2v) is 5.63. The number of hydrogen-bond donors (Lipinski definition) is 1. The van der Waals surface area contributed by atoms with E-state index in [2.05, 4.69) is 38.1 Å². The van der Waals surface area contributed by atoms with E-state index < -0.39 is 0 Å². The van der Waals surface area contributed by atoms with Crippen molar-refractivity contribution in [1.29, 1.82) is 0 Å². The highest BCUT2D eigenvalue weighted by Gasteiger charge is 2.17. The highest BCUT2D eigenvalue weighted by molar-refractivity contribution is 5.48. The maximum absolute atomic E-state index is 6.46. The van der Waals surface area contributed by atoms with Gasteiger partial charge in [-0.15, -0.1) is 0 Å². The van der Waals surface area contributed by atoms with Crippen LogP contribution < -0.4 is 15.2 Å². The van der Waals surface area contributed by atoms with Crippen LogP contribution in [0.25, 0.3) is 0 Å². The van der Waals surface area contributed by atoms with Gasteiger partial charge in [-0.25, -0.2) is 0 Å². The predicted octanol–water partition coefficient (Wildman–Crippen LogP) is 3.30. The summed E-state index contributed by atoms with van der Waals surface area (Å²) in [5, 5.41) is 0. The van der Waals surface area contributed by atoms with Gasteiger partial charge in [0, 0.05) is 6.42 Å². The smallest absolute Gasteiger partial charge is 0.124 e. The Hall–Kier alpha value is -2.00. The van der Waals surface area contributed by atoms with Gasteiger partial charge in [0.2, 0.25) is 0 Å². The number of methoxy groups -OCH3 is 1. The number of benzene rings is 2. The van der Waals surface area contributed by atoms with Crippen molar-refractivity contribution in [1.82, 2.24) is 0 Å². The summed E-state index contributed by atoms with van der Waals surface area (Å²) in [7, 11) is 1.70. The summed E-state index contributed by atoms with van der Waals surface area (Å²) < 4.78 is 11.0. The molecule has 110 valence electrons. The van der Waals surface area contributed by atoms with Gasteiger partial charge in [0.1, 0.15) is 11.5 Å². The molecule has 0 aromatic heterocycles. The lowest BCUT2D eigenvalue weighted by Crippen LogP contribution is -2.13. The van der Waals surface area contributed by atoms with Crippen LogP contribution in [-0.4, -0.2) is 13.7 Å². The van der Waals surface area contributed by atoms with Crippen molar-refractivity contribution in [2.45, 2.75) is 26.3 Å². The van der Waals surface area contributed by atoms with Gasteiger partial charge in [-0.1, -0.05) is 24.3 Å². The normalized spacial score (nSPS) is 14.5. The Labute approximate surface area is 125 Å².